The van der Waals surface area contributed by atoms with E-state index in [1.807, 2.05) is 0 Å². The van der Waals surface area contributed by atoms with Crippen molar-refractivity contribution in [2.24, 2.45) is 0 Å². The zero-order chi connectivity index (χ0) is 11.4. The second kappa shape index (κ2) is 4.91. The van der Waals surface area contributed by atoms with E-state index >= 15 is 0 Å². The molecular formula is C6H10O7S. The van der Waals surface area contributed by atoms with Gasteiger partial charge in [-0.2, -0.15) is 8.42 Å². The van der Waals surface area contributed by atoms with Gasteiger partial charge in [-0.1, -0.05) is 0 Å². The van der Waals surface area contributed by atoms with E-state index in [0.717, 1.165) is 14.2 Å². The van der Waals surface area contributed by atoms with E-state index in [2.05, 4.69) is 8.92 Å². The minimum atomic E-state index is -4.27. The topological polar surface area (TPSA) is 107 Å². The number of carboxylic acid groups (broad SMARTS) is 1. The van der Waals surface area contributed by atoms with E-state index < -0.39 is 33.7 Å². The molecule has 0 aromatic carbocycles. The third-order valence-electron chi connectivity index (χ3n) is 1.44. The summed E-state index contributed by atoms with van der Waals surface area (Å²) in [7, 11) is -2.41. The maximum atomic E-state index is 11.0. The van der Waals surface area contributed by atoms with Crippen molar-refractivity contribution in [1.82, 2.24) is 0 Å². The van der Waals surface area contributed by atoms with Crippen LogP contribution < -0.4 is 0 Å². The molecule has 0 saturated carbocycles. The molecule has 0 amide bonds. The zero-order valence-electron chi connectivity index (χ0n) is 7.59. The Kier molecular flexibility index (Phi) is 4.51. The Morgan fingerprint density at radius 2 is 1.86 bits per heavy atom. The second-order valence-electron chi connectivity index (χ2n) is 2.27. The van der Waals surface area contributed by atoms with Crippen LogP contribution in [0.1, 0.15) is 6.42 Å². The molecule has 14 heavy (non-hydrogen) atoms. The molecule has 0 saturated heterocycles. The third-order valence-corrected chi connectivity index (χ3v) is 2.97. The molecule has 7 nitrogen and oxygen atoms in total. The summed E-state index contributed by atoms with van der Waals surface area (Å²) in [6.07, 6.45) is -0.776. The van der Waals surface area contributed by atoms with Crippen molar-refractivity contribution in [1.29, 1.82) is 0 Å². The number of carbonyl (C=O) groups excluding carboxylic acids is 1. The van der Waals surface area contributed by atoms with Crippen molar-refractivity contribution >= 4 is 22.1 Å². The van der Waals surface area contributed by atoms with Crippen LogP contribution in [0.3, 0.4) is 0 Å². The Labute approximate surface area is 80.7 Å². The Bertz CT molecular complexity index is 317. The summed E-state index contributed by atoms with van der Waals surface area (Å²) in [6.45, 7) is 0. The molecule has 82 valence electrons. The predicted octanol–water partition coefficient (Wildman–Crippen LogP) is -1.02. The van der Waals surface area contributed by atoms with E-state index in [1.54, 1.807) is 0 Å². The Morgan fingerprint density at radius 3 is 2.14 bits per heavy atom. The molecule has 0 heterocycles. The number of methoxy groups -OCH3 is 1. The number of hydrogen-bond acceptors (Lipinski definition) is 6. The number of aliphatic carboxylic acids is 1. The van der Waals surface area contributed by atoms with Gasteiger partial charge in [-0.25, -0.2) is 0 Å². The first-order valence-electron chi connectivity index (χ1n) is 3.44. The Balaban J connectivity index is 4.80. The van der Waals surface area contributed by atoms with Crippen LogP contribution in [0.4, 0.5) is 0 Å². The lowest BCUT2D eigenvalue weighted by molar-refractivity contribution is -0.145. The smallest absolute Gasteiger partial charge is 0.325 e. The molecule has 0 radical (unpaired) electrons. The monoisotopic (exact) mass is 226 g/mol. The van der Waals surface area contributed by atoms with E-state index in [-0.39, 0.29) is 0 Å². The highest BCUT2D eigenvalue weighted by atomic mass is 32.2. The maximum absolute atomic E-state index is 11.0. The number of ether oxygens (including phenoxy) is 1. The maximum Gasteiger partial charge on any atom is 0.325 e. The fraction of sp³-hybridized carbons (Fsp3) is 0.667. The van der Waals surface area contributed by atoms with Gasteiger partial charge in [0.25, 0.3) is 10.1 Å². The summed E-state index contributed by atoms with van der Waals surface area (Å²) >= 11 is 0. The van der Waals surface area contributed by atoms with Crippen LogP contribution in [-0.2, 0) is 28.6 Å². The van der Waals surface area contributed by atoms with E-state index in [4.69, 9.17) is 5.11 Å². The Morgan fingerprint density at radius 1 is 1.36 bits per heavy atom. The summed E-state index contributed by atoms with van der Waals surface area (Å²) in [5.41, 5.74) is 0. The molecule has 0 aliphatic heterocycles. The highest BCUT2D eigenvalue weighted by Crippen LogP contribution is 2.09. The second-order valence-corrected chi connectivity index (χ2v) is 4.15. The quantitative estimate of drug-likeness (QED) is 0.472. The Hall–Kier alpha value is -1.15. The molecule has 1 atom stereocenters. The molecule has 0 aromatic rings. The molecule has 0 rings (SSSR count). The average molecular weight is 226 g/mol. The molecule has 0 aromatic heterocycles. The van der Waals surface area contributed by atoms with Crippen LogP contribution in [0, 0.1) is 0 Å². The molecule has 8 heteroatoms. The molecule has 1 N–H and O–H groups in total. The van der Waals surface area contributed by atoms with Gasteiger partial charge in [-0.3, -0.25) is 13.8 Å². The van der Waals surface area contributed by atoms with Crippen molar-refractivity contribution in [3.05, 3.63) is 0 Å². The number of carbonyl (C=O) groups is 2. The highest BCUT2D eigenvalue weighted by Gasteiger charge is 2.35. The first kappa shape index (κ1) is 12.8. The van der Waals surface area contributed by atoms with Crippen molar-refractivity contribution in [3.63, 3.8) is 0 Å². The summed E-state index contributed by atoms with van der Waals surface area (Å²) in [5.74, 6) is -2.59. The molecule has 0 aliphatic carbocycles. The number of carboxylic acids is 1. The van der Waals surface area contributed by atoms with Crippen LogP contribution in [0.15, 0.2) is 0 Å². The van der Waals surface area contributed by atoms with Gasteiger partial charge in [0.2, 0.25) is 0 Å². The van der Waals surface area contributed by atoms with Gasteiger partial charge in [-0.15, -0.1) is 0 Å². The summed E-state index contributed by atoms with van der Waals surface area (Å²) in [5, 5.41) is 6.59. The van der Waals surface area contributed by atoms with Gasteiger partial charge in [0, 0.05) is 0 Å². The first-order valence-corrected chi connectivity index (χ1v) is 4.91. The van der Waals surface area contributed by atoms with Crippen LogP contribution in [0.2, 0.25) is 0 Å². The standard InChI is InChI=1S/C6H10O7S/c1-12-5(7)3-4(6(8)9)14(10,11)13-2/h4H,3H2,1-2H3,(H,8,9). The number of hydrogen-bond donors (Lipinski definition) is 1. The van der Waals surface area contributed by atoms with Crippen molar-refractivity contribution in [3.8, 4) is 0 Å². The molecule has 0 bridgehead atoms. The molecule has 1 unspecified atom stereocenters. The van der Waals surface area contributed by atoms with Crippen molar-refractivity contribution in [2.45, 2.75) is 11.7 Å². The normalized spacial score (nSPS) is 13.3. The largest absolute Gasteiger partial charge is 0.480 e. The van der Waals surface area contributed by atoms with E-state index in [9.17, 15) is 18.0 Å². The van der Waals surface area contributed by atoms with Gasteiger partial charge in [-0.05, 0) is 0 Å². The highest BCUT2D eigenvalue weighted by molar-refractivity contribution is 7.88. The third kappa shape index (κ3) is 3.30. The summed E-state index contributed by atoms with van der Waals surface area (Å²) < 4.78 is 30.1. The minimum Gasteiger partial charge on any atom is -0.480 e. The van der Waals surface area contributed by atoms with Gasteiger partial charge >= 0.3 is 11.9 Å². The summed E-state index contributed by atoms with van der Waals surface area (Å²) in [6, 6.07) is 0. The molecule has 0 aliphatic rings. The van der Waals surface area contributed by atoms with Crippen molar-refractivity contribution < 1.29 is 32.0 Å². The molecule has 0 fully saturated rings. The van der Waals surface area contributed by atoms with E-state index in [1.165, 1.54) is 0 Å². The molecular weight excluding hydrogens is 216 g/mol. The lowest BCUT2D eigenvalue weighted by Crippen LogP contribution is -2.33. The van der Waals surface area contributed by atoms with E-state index in [0.29, 0.717) is 0 Å². The lowest BCUT2D eigenvalue weighted by atomic mass is 10.3. The number of rotatable bonds is 5. The SMILES string of the molecule is COC(=O)CC(C(=O)O)S(=O)(=O)OC. The van der Waals surface area contributed by atoms with Crippen molar-refractivity contribution in [2.75, 3.05) is 14.2 Å². The number of esters is 1. The van der Waals surface area contributed by atoms with Gasteiger partial charge in [0.15, 0.2) is 5.25 Å². The molecule has 0 spiro atoms. The zero-order valence-corrected chi connectivity index (χ0v) is 8.41. The first-order chi connectivity index (χ1) is 6.35. The van der Waals surface area contributed by atoms with Crippen LogP contribution in [0.25, 0.3) is 0 Å². The van der Waals surface area contributed by atoms with Gasteiger partial charge in [0.05, 0.1) is 20.6 Å². The predicted molar refractivity (Wildman–Crippen MR) is 44.0 cm³/mol. The fourth-order valence-corrected chi connectivity index (χ4v) is 1.48. The van der Waals surface area contributed by atoms with Crippen LogP contribution in [-0.4, -0.2) is 44.9 Å². The average Bonchev–Trinajstić information content (AvgIpc) is 2.12. The van der Waals surface area contributed by atoms with Crippen LogP contribution >= 0.6 is 0 Å². The lowest BCUT2D eigenvalue weighted by Gasteiger charge is -2.09. The van der Waals surface area contributed by atoms with Crippen LogP contribution in [0.5, 0.6) is 0 Å². The van der Waals surface area contributed by atoms with Gasteiger partial charge in [0.1, 0.15) is 0 Å². The minimum absolute atomic E-state index is 0.776. The summed E-state index contributed by atoms with van der Waals surface area (Å²) in [4.78, 5) is 21.2. The fourth-order valence-electron chi connectivity index (χ4n) is 0.664. The van der Waals surface area contributed by atoms with Gasteiger partial charge < -0.3 is 9.84 Å².